The Labute approximate surface area is 83.9 Å². The number of aliphatic carboxylic acids is 1. The summed E-state index contributed by atoms with van der Waals surface area (Å²) in [6.07, 6.45) is -4.18. The van der Waals surface area contributed by atoms with E-state index in [0.29, 0.717) is 4.90 Å². The number of carboxylic acids is 1. The lowest BCUT2D eigenvalue weighted by Crippen LogP contribution is -2.53. The van der Waals surface area contributed by atoms with E-state index in [1.807, 2.05) is 0 Å². The molecule has 1 aliphatic carbocycles. The van der Waals surface area contributed by atoms with Gasteiger partial charge < -0.3 is 15.3 Å². The molecule has 84 valence electrons. The minimum Gasteiger partial charge on any atom is -0.480 e. The van der Waals surface area contributed by atoms with E-state index in [1.165, 1.54) is 0 Å². The number of piperidine rings is 1. The number of carboxylic acid groups (broad SMARTS) is 2. The van der Waals surface area contributed by atoms with E-state index >= 15 is 0 Å². The second kappa shape index (κ2) is 3.06. The van der Waals surface area contributed by atoms with Gasteiger partial charge in [-0.2, -0.15) is 0 Å². The van der Waals surface area contributed by atoms with Crippen molar-refractivity contribution in [2.75, 3.05) is 0 Å². The van der Waals surface area contributed by atoms with Crippen molar-refractivity contribution in [1.29, 1.82) is 0 Å². The molecule has 1 heterocycles. The molecular formula is C8H10FNO5. The van der Waals surface area contributed by atoms with Crippen LogP contribution in [0.25, 0.3) is 0 Å². The van der Waals surface area contributed by atoms with E-state index in [0.717, 1.165) is 0 Å². The lowest BCUT2D eigenvalue weighted by Gasteiger charge is -2.32. The van der Waals surface area contributed by atoms with Gasteiger partial charge >= 0.3 is 12.1 Å². The third-order valence-corrected chi connectivity index (χ3v) is 3.14. The first-order valence-corrected chi connectivity index (χ1v) is 4.51. The number of aliphatic hydroxyl groups is 1. The largest absolute Gasteiger partial charge is 0.480 e. The molecule has 3 N–H and O–H groups in total. The summed E-state index contributed by atoms with van der Waals surface area (Å²) < 4.78 is 13.5. The molecule has 0 aromatic rings. The average molecular weight is 219 g/mol. The lowest BCUT2D eigenvalue weighted by atomic mass is 9.97. The van der Waals surface area contributed by atoms with Crippen LogP contribution in [0.5, 0.6) is 0 Å². The number of fused-ring (bicyclic) bond motifs is 2. The Balaban J connectivity index is 2.35. The van der Waals surface area contributed by atoms with Gasteiger partial charge in [0.25, 0.3) is 0 Å². The van der Waals surface area contributed by atoms with Gasteiger partial charge in [-0.05, 0) is 6.42 Å². The fourth-order valence-electron chi connectivity index (χ4n) is 2.60. The molecule has 0 unspecified atom stereocenters. The van der Waals surface area contributed by atoms with E-state index in [9.17, 15) is 19.1 Å². The lowest BCUT2D eigenvalue weighted by molar-refractivity contribution is -0.145. The molecule has 15 heavy (non-hydrogen) atoms. The first-order chi connectivity index (χ1) is 6.95. The number of carbonyl (C=O) groups is 2. The zero-order valence-electron chi connectivity index (χ0n) is 7.58. The maximum Gasteiger partial charge on any atom is 0.408 e. The van der Waals surface area contributed by atoms with Gasteiger partial charge in [-0.1, -0.05) is 0 Å². The van der Waals surface area contributed by atoms with E-state index in [4.69, 9.17) is 10.2 Å². The van der Waals surface area contributed by atoms with Gasteiger partial charge in [-0.15, -0.1) is 0 Å². The highest BCUT2D eigenvalue weighted by atomic mass is 19.1. The molecule has 0 aromatic heterocycles. The Kier molecular flexibility index (Phi) is 2.07. The van der Waals surface area contributed by atoms with E-state index in [-0.39, 0.29) is 6.42 Å². The van der Waals surface area contributed by atoms with Crippen molar-refractivity contribution in [1.82, 2.24) is 4.90 Å². The SMILES string of the molecule is O=C(O)[C@@H]1[C@@H]2C[C@@H](O)[C@@H]([C@@H]2F)N1C(=O)O. The number of hydrogen-bond acceptors (Lipinski definition) is 3. The number of halogens is 1. The zero-order valence-corrected chi connectivity index (χ0v) is 7.58. The normalized spacial score (nSPS) is 43.3. The number of nitrogens with zero attached hydrogens (tertiary/aromatic N) is 1. The molecule has 2 bridgehead atoms. The van der Waals surface area contributed by atoms with Crippen LogP contribution in [-0.4, -0.2) is 56.6 Å². The van der Waals surface area contributed by atoms with Crippen molar-refractivity contribution in [2.24, 2.45) is 5.92 Å². The van der Waals surface area contributed by atoms with Gasteiger partial charge in [0.05, 0.1) is 12.1 Å². The predicted molar refractivity (Wildman–Crippen MR) is 44.1 cm³/mol. The highest BCUT2D eigenvalue weighted by molar-refractivity contribution is 5.81. The number of hydrogen-bond donors (Lipinski definition) is 3. The fraction of sp³-hybridized carbons (Fsp3) is 0.750. The van der Waals surface area contributed by atoms with Crippen molar-refractivity contribution < 1.29 is 29.3 Å². The molecule has 2 aliphatic rings. The van der Waals surface area contributed by atoms with E-state index < -0.39 is 42.3 Å². The Morgan fingerprint density at radius 2 is 1.93 bits per heavy atom. The molecule has 7 heteroatoms. The molecule has 5 atom stereocenters. The molecule has 0 aromatic carbocycles. The van der Waals surface area contributed by atoms with Crippen LogP contribution in [0, 0.1) is 5.92 Å². The van der Waals surface area contributed by atoms with Crippen LogP contribution in [-0.2, 0) is 4.79 Å². The Morgan fingerprint density at radius 3 is 2.40 bits per heavy atom. The van der Waals surface area contributed by atoms with Crippen LogP contribution in [0.2, 0.25) is 0 Å². The number of amides is 1. The first kappa shape index (κ1) is 10.2. The van der Waals surface area contributed by atoms with Gasteiger partial charge in [0.15, 0.2) is 0 Å². The van der Waals surface area contributed by atoms with Crippen molar-refractivity contribution in [3.05, 3.63) is 0 Å². The van der Waals surface area contributed by atoms with Crippen molar-refractivity contribution in [3.63, 3.8) is 0 Å². The van der Waals surface area contributed by atoms with E-state index in [1.54, 1.807) is 0 Å². The van der Waals surface area contributed by atoms with Crippen LogP contribution >= 0.6 is 0 Å². The second-order valence-electron chi connectivity index (χ2n) is 3.87. The molecule has 0 radical (unpaired) electrons. The van der Waals surface area contributed by atoms with Crippen LogP contribution in [0.15, 0.2) is 0 Å². The van der Waals surface area contributed by atoms with Crippen LogP contribution in [0.4, 0.5) is 9.18 Å². The summed E-state index contributed by atoms with van der Waals surface area (Å²) in [6, 6.07) is -2.60. The smallest absolute Gasteiger partial charge is 0.408 e. The fourth-order valence-corrected chi connectivity index (χ4v) is 2.60. The number of rotatable bonds is 1. The Bertz CT molecular complexity index is 322. The molecular weight excluding hydrogens is 209 g/mol. The van der Waals surface area contributed by atoms with Gasteiger partial charge in [0.1, 0.15) is 12.2 Å². The molecule has 2 fully saturated rings. The van der Waals surface area contributed by atoms with Gasteiger partial charge in [-0.25, -0.2) is 14.0 Å². The van der Waals surface area contributed by atoms with Crippen molar-refractivity contribution in [2.45, 2.75) is 30.8 Å². The van der Waals surface area contributed by atoms with Gasteiger partial charge in [0.2, 0.25) is 0 Å². The highest BCUT2D eigenvalue weighted by Crippen LogP contribution is 2.44. The Morgan fingerprint density at radius 1 is 1.33 bits per heavy atom. The third kappa shape index (κ3) is 1.19. The van der Waals surface area contributed by atoms with Crippen LogP contribution in [0.1, 0.15) is 6.42 Å². The molecule has 1 aliphatic heterocycles. The predicted octanol–water partition coefficient (Wildman–Crippen LogP) is -0.479. The maximum absolute atomic E-state index is 13.5. The summed E-state index contributed by atoms with van der Waals surface area (Å²) in [5.41, 5.74) is 0. The minimum absolute atomic E-state index is 0.00653. The summed E-state index contributed by atoms with van der Waals surface area (Å²) in [5, 5.41) is 27.0. The number of aliphatic hydroxyl groups excluding tert-OH is 1. The summed E-state index contributed by atoms with van der Waals surface area (Å²) in [4.78, 5) is 22.1. The van der Waals surface area contributed by atoms with Gasteiger partial charge in [0, 0.05) is 5.92 Å². The molecule has 2 rings (SSSR count). The first-order valence-electron chi connectivity index (χ1n) is 4.51. The second-order valence-corrected chi connectivity index (χ2v) is 3.87. The highest BCUT2D eigenvalue weighted by Gasteiger charge is 2.62. The third-order valence-electron chi connectivity index (χ3n) is 3.14. The average Bonchev–Trinajstić information content (AvgIpc) is 2.54. The topological polar surface area (TPSA) is 98.1 Å². The summed E-state index contributed by atoms with van der Waals surface area (Å²) in [5.74, 6) is -2.29. The van der Waals surface area contributed by atoms with E-state index in [2.05, 4.69) is 0 Å². The summed E-state index contributed by atoms with van der Waals surface area (Å²) in [6.45, 7) is 0. The van der Waals surface area contributed by atoms with Crippen molar-refractivity contribution >= 4 is 12.1 Å². The standard InChI is InChI=1S/C8H10FNO5/c9-4-2-1-3(11)6(4)10(8(14)15)5(2)7(12)13/h2-6,11H,1H2,(H,12,13)(H,14,15)/t2-,3-,4-,5+,6+/m1/s1. The molecule has 6 nitrogen and oxygen atoms in total. The number of likely N-dealkylation sites (tertiary alicyclic amines) is 1. The minimum atomic E-state index is -1.59. The monoisotopic (exact) mass is 219 g/mol. The van der Waals surface area contributed by atoms with Crippen LogP contribution < -0.4 is 0 Å². The summed E-state index contributed by atoms with van der Waals surface area (Å²) in [7, 11) is 0. The van der Waals surface area contributed by atoms with Crippen LogP contribution in [0.3, 0.4) is 0 Å². The quantitative estimate of drug-likeness (QED) is 0.553. The molecule has 1 amide bonds. The maximum atomic E-state index is 13.5. The molecule has 0 spiro atoms. The molecule has 1 saturated carbocycles. The summed E-state index contributed by atoms with van der Waals surface area (Å²) >= 11 is 0. The van der Waals surface area contributed by atoms with Crippen molar-refractivity contribution in [3.8, 4) is 0 Å². The Hall–Kier alpha value is -1.37. The molecule has 1 saturated heterocycles. The zero-order chi connectivity index (χ0) is 11.3. The number of alkyl halides is 1. The van der Waals surface area contributed by atoms with Gasteiger partial charge in [-0.3, -0.25) is 4.90 Å².